The Kier molecular flexibility index (Phi) is 4.04. The Balaban J connectivity index is 2.22. The van der Waals surface area contributed by atoms with Gasteiger partial charge in [0.2, 0.25) is 0 Å². The Morgan fingerprint density at radius 2 is 2.43 bits per heavy atom. The molecule has 1 aromatic rings. The molecule has 0 aromatic carbocycles. The topological polar surface area (TPSA) is 45.3 Å². The standard InChI is InChI=1S/C10H16N2O2/c1-12(9-5-6-11-8-9)7-3-4-10(13)14-2/h5-6,8,11H,3-4,7H2,1-2H3. The van der Waals surface area contributed by atoms with Gasteiger partial charge < -0.3 is 14.6 Å². The minimum atomic E-state index is -0.146. The van der Waals surface area contributed by atoms with Gasteiger partial charge in [-0.3, -0.25) is 4.79 Å². The third kappa shape index (κ3) is 3.12. The van der Waals surface area contributed by atoms with Crippen molar-refractivity contribution in [1.82, 2.24) is 4.98 Å². The van der Waals surface area contributed by atoms with Gasteiger partial charge in [0.05, 0.1) is 12.8 Å². The second-order valence-electron chi connectivity index (χ2n) is 3.17. The van der Waals surface area contributed by atoms with Gasteiger partial charge in [-0.25, -0.2) is 0 Å². The van der Waals surface area contributed by atoms with Gasteiger partial charge in [-0.1, -0.05) is 0 Å². The highest BCUT2D eigenvalue weighted by molar-refractivity contribution is 5.69. The van der Waals surface area contributed by atoms with Crippen molar-refractivity contribution in [2.24, 2.45) is 0 Å². The normalized spacial score (nSPS) is 9.86. The molecular formula is C10H16N2O2. The van der Waals surface area contributed by atoms with Gasteiger partial charge in [0.25, 0.3) is 0 Å². The lowest BCUT2D eigenvalue weighted by atomic mass is 10.3. The number of rotatable bonds is 5. The van der Waals surface area contributed by atoms with E-state index in [0.717, 1.165) is 18.7 Å². The summed E-state index contributed by atoms with van der Waals surface area (Å²) in [5.41, 5.74) is 1.13. The van der Waals surface area contributed by atoms with E-state index in [9.17, 15) is 4.79 Å². The van der Waals surface area contributed by atoms with Crippen molar-refractivity contribution in [3.05, 3.63) is 18.5 Å². The molecule has 0 aliphatic rings. The van der Waals surface area contributed by atoms with E-state index in [2.05, 4.69) is 14.6 Å². The van der Waals surface area contributed by atoms with Crippen molar-refractivity contribution >= 4 is 11.7 Å². The summed E-state index contributed by atoms with van der Waals surface area (Å²) in [6, 6.07) is 2.00. The van der Waals surface area contributed by atoms with E-state index in [1.54, 1.807) is 0 Å². The number of carbonyl (C=O) groups is 1. The molecule has 78 valence electrons. The number of methoxy groups -OCH3 is 1. The molecule has 0 saturated carbocycles. The van der Waals surface area contributed by atoms with E-state index >= 15 is 0 Å². The first-order valence-corrected chi connectivity index (χ1v) is 4.65. The van der Waals surface area contributed by atoms with Gasteiger partial charge in [-0.05, 0) is 12.5 Å². The maximum atomic E-state index is 10.8. The van der Waals surface area contributed by atoms with Crippen LogP contribution >= 0.6 is 0 Å². The van der Waals surface area contributed by atoms with Crippen LogP contribution in [0.15, 0.2) is 18.5 Å². The molecule has 0 amide bonds. The maximum Gasteiger partial charge on any atom is 0.305 e. The average molecular weight is 196 g/mol. The van der Waals surface area contributed by atoms with Crippen molar-refractivity contribution in [1.29, 1.82) is 0 Å². The van der Waals surface area contributed by atoms with Crippen LogP contribution in [0.1, 0.15) is 12.8 Å². The quantitative estimate of drug-likeness (QED) is 0.724. The molecule has 0 radical (unpaired) electrons. The lowest BCUT2D eigenvalue weighted by Crippen LogP contribution is -2.18. The molecule has 0 aliphatic heterocycles. The number of hydrogen-bond donors (Lipinski definition) is 1. The Morgan fingerprint density at radius 3 is 3.00 bits per heavy atom. The summed E-state index contributed by atoms with van der Waals surface area (Å²) in [5, 5.41) is 0. The molecule has 0 saturated heterocycles. The number of esters is 1. The van der Waals surface area contributed by atoms with Gasteiger partial charge in [-0.2, -0.15) is 0 Å². The van der Waals surface area contributed by atoms with Crippen LogP contribution in [0, 0.1) is 0 Å². The first-order valence-electron chi connectivity index (χ1n) is 4.65. The summed E-state index contributed by atoms with van der Waals surface area (Å²) in [5.74, 6) is -0.146. The molecule has 0 unspecified atom stereocenters. The number of hydrogen-bond acceptors (Lipinski definition) is 3. The predicted molar refractivity (Wildman–Crippen MR) is 55.3 cm³/mol. The molecule has 0 fully saturated rings. The van der Waals surface area contributed by atoms with E-state index < -0.39 is 0 Å². The highest BCUT2D eigenvalue weighted by Crippen LogP contribution is 2.10. The summed E-state index contributed by atoms with van der Waals surface area (Å²) in [7, 11) is 3.42. The van der Waals surface area contributed by atoms with Crippen LogP contribution in [0.25, 0.3) is 0 Å². The zero-order valence-electron chi connectivity index (χ0n) is 8.62. The van der Waals surface area contributed by atoms with E-state index in [0.29, 0.717) is 6.42 Å². The largest absolute Gasteiger partial charge is 0.469 e. The van der Waals surface area contributed by atoms with Crippen LogP contribution in [-0.4, -0.2) is 31.7 Å². The van der Waals surface area contributed by atoms with Crippen molar-refractivity contribution in [2.75, 3.05) is 25.6 Å². The lowest BCUT2D eigenvalue weighted by Gasteiger charge is -2.16. The number of nitrogens with one attached hydrogen (secondary N) is 1. The summed E-state index contributed by atoms with van der Waals surface area (Å²) in [6.07, 6.45) is 5.10. The molecule has 1 heterocycles. The van der Waals surface area contributed by atoms with E-state index in [-0.39, 0.29) is 5.97 Å². The first-order chi connectivity index (χ1) is 6.74. The predicted octanol–water partition coefficient (Wildman–Crippen LogP) is 1.40. The Hall–Kier alpha value is -1.45. The summed E-state index contributed by atoms with van der Waals surface area (Å²) in [6.45, 7) is 0.854. The fourth-order valence-corrected chi connectivity index (χ4v) is 1.24. The Bertz CT molecular complexity index is 270. The third-order valence-electron chi connectivity index (χ3n) is 2.12. The molecule has 14 heavy (non-hydrogen) atoms. The van der Waals surface area contributed by atoms with Crippen LogP contribution in [-0.2, 0) is 9.53 Å². The zero-order valence-corrected chi connectivity index (χ0v) is 8.62. The van der Waals surface area contributed by atoms with Crippen LogP contribution in [0.3, 0.4) is 0 Å². The van der Waals surface area contributed by atoms with Crippen LogP contribution in [0.4, 0.5) is 5.69 Å². The number of H-pyrrole nitrogens is 1. The fraction of sp³-hybridized carbons (Fsp3) is 0.500. The second kappa shape index (κ2) is 5.32. The highest BCUT2D eigenvalue weighted by Gasteiger charge is 2.03. The fourth-order valence-electron chi connectivity index (χ4n) is 1.24. The summed E-state index contributed by atoms with van der Waals surface area (Å²) < 4.78 is 4.56. The maximum absolute atomic E-state index is 10.8. The monoisotopic (exact) mass is 196 g/mol. The van der Waals surface area contributed by atoms with Gasteiger partial charge in [0.15, 0.2) is 0 Å². The molecule has 0 bridgehead atoms. The van der Waals surface area contributed by atoms with Crippen LogP contribution in [0.5, 0.6) is 0 Å². The van der Waals surface area contributed by atoms with Crippen molar-refractivity contribution in [3.63, 3.8) is 0 Å². The number of nitrogens with zero attached hydrogens (tertiary/aromatic N) is 1. The molecule has 4 heteroatoms. The number of carbonyl (C=O) groups excluding carboxylic acids is 1. The third-order valence-corrected chi connectivity index (χ3v) is 2.12. The minimum absolute atomic E-state index is 0.146. The SMILES string of the molecule is COC(=O)CCCN(C)c1cc[nH]c1. The molecule has 0 aliphatic carbocycles. The van der Waals surface area contributed by atoms with Crippen molar-refractivity contribution < 1.29 is 9.53 Å². The molecular weight excluding hydrogens is 180 g/mol. The summed E-state index contributed by atoms with van der Waals surface area (Å²) in [4.78, 5) is 15.9. The van der Waals surface area contributed by atoms with Crippen LogP contribution in [0.2, 0.25) is 0 Å². The highest BCUT2D eigenvalue weighted by atomic mass is 16.5. The number of aromatic nitrogens is 1. The number of anilines is 1. The number of aromatic amines is 1. The first kappa shape index (κ1) is 10.6. The second-order valence-corrected chi connectivity index (χ2v) is 3.17. The summed E-state index contributed by atoms with van der Waals surface area (Å²) >= 11 is 0. The van der Waals surface area contributed by atoms with Gasteiger partial charge in [0.1, 0.15) is 0 Å². The Morgan fingerprint density at radius 1 is 1.64 bits per heavy atom. The van der Waals surface area contributed by atoms with E-state index in [4.69, 9.17) is 0 Å². The molecule has 0 spiro atoms. The van der Waals surface area contributed by atoms with Crippen LogP contribution < -0.4 is 4.90 Å². The smallest absolute Gasteiger partial charge is 0.305 e. The zero-order chi connectivity index (χ0) is 10.4. The molecule has 1 aromatic heterocycles. The Labute approximate surface area is 83.9 Å². The van der Waals surface area contributed by atoms with Gasteiger partial charge in [-0.15, -0.1) is 0 Å². The molecule has 1 N–H and O–H groups in total. The van der Waals surface area contributed by atoms with Crippen molar-refractivity contribution in [3.8, 4) is 0 Å². The van der Waals surface area contributed by atoms with E-state index in [1.807, 2.05) is 25.5 Å². The van der Waals surface area contributed by atoms with Crippen molar-refractivity contribution in [2.45, 2.75) is 12.8 Å². The molecule has 4 nitrogen and oxygen atoms in total. The lowest BCUT2D eigenvalue weighted by molar-refractivity contribution is -0.140. The van der Waals surface area contributed by atoms with Gasteiger partial charge >= 0.3 is 5.97 Å². The average Bonchev–Trinajstić information content (AvgIpc) is 2.70. The molecule has 0 atom stereocenters. The van der Waals surface area contributed by atoms with E-state index in [1.165, 1.54) is 7.11 Å². The minimum Gasteiger partial charge on any atom is -0.469 e. The van der Waals surface area contributed by atoms with Gasteiger partial charge in [0, 0.05) is 32.4 Å². The molecule has 1 rings (SSSR count). The number of ether oxygens (including phenoxy) is 1.